The van der Waals surface area contributed by atoms with E-state index in [1.165, 1.54) is 32.3 Å². The van der Waals surface area contributed by atoms with Crippen molar-refractivity contribution in [2.45, 2.75) is 25.8 Å². The van der Waals surface area contributed by atoms with Gasteiger partial charge in [-0.15, -0.1) is 0 Å². The Morgan fingerprint density at radius 3 is 2.59 bits per heavy atom. The molecule has 0 spiro atoms. The minimum absolute atomic E-state index is 0.416. The molecule has 2 bridgehead atoms. The Labute approximate surface area is 186 Å². The van der Waals surface area contributed by atoms with Gasteiger partial charge >= 0.3 is 0 Å². The summed E-state index contributed by atoms with van der Waals surface area (Å²) in [6.45, 7) is 5.55. The van der Waals surface area contributed by atoms with E-state index in [2.05, 4.69) is 39.9 Å². The monoisotopic (exact) mass is 427 g/mol. The average Bonchev–Trinajstić information content (AvgIpc) is 3.25. The van der Waals surface area contributed by atoms with E-state index in [0.29, 0.717) is 17.9 Å². The van der Waals surface area contributed by atoms with Crippen LogP contribution in [0.1, 0.15) is 18.4 Å². The maximum Gasteiger partial charge on any atom is 0.223 e. The summed E-state index contributed by atoms with van der Waals surface area (Å²) >= 11 is 0. The second-order valence-corrected chi connectivity index (χ2v) is 8.66. The maximum atomic E-state index is 4.91. The maximum absolute atomic E-state index is 4.91. The molecule has 3 aliphatic rings. The van der Waals surface area contributed by atoms with Gasteiger partial charge in [0.2, 0.25) is 5.95 Å². The van der Waals surface area contributed by atoms with Gasteiger partial charge in [0.1, 0.15) is 12.0 Å². The fraction of sp³-hybridized carbons (Fsp3) is 0.348. The molecule has 0 amide bonds. The number of piperidine rings is 3. The Hall–Kier alpha value is -3.59. The van der Waals surface area contributed by atoms with E-state index in [4.69, 9.17) is 4.98 Å². The van der Waals surface area contributed by atoms with Gasteiger partial charge in [-0.3, -0.25) is 4.40 Å². The van der Waals surface area contributed by atoms with Crippen LogP contribution in [0.4, 0.5) is 17.3 Å². The van der Waals surface area contributed by atoms with Crippen LogP contribution in [0, 0.1) is 12.8 Å². The van der Waals surface area contributed by atoms with Crippen molar-refractivity contribution in [3.8, 4) is 11.4 Å². The Balaban J connectivity index is 1.32. The molecule has 162 valence electrons. The number of anilines is 3. The number of fused-ring (bicyclic) bond motifs is 4. The van der Waals surface area contributed by atoms with Crippen LogP contribution in [0.15, 0.2) is 49.4 Å². The van der Waals surface area contributed by atoms with Crippen molar-refractivity contribution in [1.29, 1.82) is 0 Å². The number of pyridine rings is 1. The molecule has 4 aromatic rings. The molecule has 0 radical (unpaired) electrons. The third kappa shape index (κ3) is 3.54. The Morgan fingerprint density at radius 2 is 1.81 bits per heavy atom. The molecule has 7 heterocycles. The van der Waals surface area contributed by atoms with Gasteiger partial charge in [0.05, 0.1) is 41.4 Å². The predicted molar refractivity (Wildman–Crippen MR) is 123 cm³/mol. The van der Waals surface area contributed by atoms with Gasteiger partial charge in [0.15, 0.2) is 0 Å². The Bertz CT molecular complexity index is 1250. The molecule has 7 rings (SSSR count). The van der Waals surface area contributed by atoms with Gasteiger partial charge in [-0.1, -0.05) is 0 Å². The van der Waals surface area contributed by atoms with Crippen LogP contribution in [0.25, 0.3) is 17.0 Å². The molecule has 3 saturated heterocycles. The van der Waals surface area contributed by atoms with Gasteiger partial charge in [-0.2, -0.15) is 0 Å². The van der Waals surface area contributed by atoms with Crippen LogP contribution in [-0.4, -0.2) is 59.9 Å². The minimum atomic E-state index is 0.416. The van der Waals surface area contributed by atoms with E-state index in [1.54, 1.807) is 12.4 Å². The van der Waals surface area contributed by atoms with Crippen LogP contribution in [-0.2, 0) is 0 Å². The van der Waals surface area contributed by atoms with Gasteiger partial charge in [0, 0.05) is 25.0 Å². The molecule has 32 heavy (non-hydrogen) atoms. The van der Waals surface area contributed by atoms with Crippen LogP contribution in [0.2, 0.25) is 0 Å². The highest BCUT2D eigenvalue weighted by Crippen LogP contribution is 2.30. The predicted octanol–water partition coefficient (Wildman–Crippen LogP) is 3.14. The Morgan fingerprint density at radius 1 is 0.969 bits per heavy atom. The molecule has 0 aliphatic carbocycles. The fourth-order valence-corrected chi connectivity index (χ4v) is 4.83. The van der Waals surface area contributed by atoms with Crippen molar-refractivity contribution in [2.75, 3.05) is 30.3 Å². The highest BCUT2D eigenvalue weighted by molar-refractivity contribution is 5.67. The van der Waals surface area contributed by atoms with Crippen molar-refractivity contribution < 1.29 is 0 Å². The number of nitrogens with one attached hydrogen (secondary N) is 2. The molecule has 1 atom stereocenters. The smallest absolute Gasteiger partial charge is 0.223 e. The molecule has 3 fully saturated rings. The van der Waals surface area contributed by atoms with Crippen molar-refractivity contribution in [3.63, 3.8) is 0 Å². The molecule has 2 N–H and O–H groups in total. The van der Waals surface area contributed by atoms with E-state index < -0.39 is 0 Å². The van der Waals surface area contributed by atoms with Crippen LogP contribution in [0.5, 0.6) is 0 Å². The van der Waals surface area contributed by atoms with E-state index >= 15 is 0 Å². The van der Waals surface area contributed by atoms with E-state index in [-0.39, 0.29) is 0 Å². The minimum Gasteiger partial charge on any atom is -0.352 e. The van der Waals surface area contributed by atoms with Crippen molar-refractivity contribution in [2.24, 2.45) is 5.92 Å². The zero-order chi connectivity index (χ0) is 21.5. The van der Waals surface area contributed by atoms with Gasteiger partial charge in [-0.25, -0.2) is 24.9 Å². The van der Waals surface area contributed by atoms with Crippen LogP contribution in [0.3, 0.4) is 0 Å². The highest BCUT2D eigenvalue weighted by atomic mass is 15.2. The lowest BCUT2D eigenvalue weighted by molar-refractivity contribution is 0.0972. The number of aromatic nitrogens is 6. The first-order chi connectivity index (χ1) is 15.7. The SMILES string of the molecule is Cc1cnc(N[C@@H]2CN3CCC2CC3)nc1-c1cnc2ccc(Nc3cncnc3)cn12. The van der Waals surface area contributed by atoms with Crippen molar-refractivity contribution in [3.05, 3.63) is 55.0 Å². The fourth-order valence-electron chi connectivity index (χ4n) is 4.83. The third-order valence-corrected chi connectivity index (χ3v) is 6.54. The van der Waals surface area contributed by atoms with Crippen LogP contribution >= 0.6 is 0 Å². The van der Waals surface area contributed by atoms with Gasteiger partial charge in [-0.05, 0) is 56.5 Å². The van der Waals surface area contributed by atoms with Gasteiger partial charge < -0.3 is 15.5 Å². The number of rotatable bonds is 5. The third-order valence-electron chi connectivity index (χ3n) is 6.54. The van der Waals surface area contributed by atoms with E-state index in [0.717, 1.165) is 40.5 Å². The summed E-state index contributed by atoms with van der Waals surface area (Å²) in [6, 6.07) is 4.39. The number of aryl methyl sites for hydroxylation is 1. The first-order valence-electron chi connectivity index (χ1n) is 11.0. The first-order valence-corrected chi connectivity index (χ1v) is 11.0. The zero-order valence-corrected chi connectivity index (χ0v) is 17.9. The summed E-state index contributed by atoms with van der Waals surface area (Å²) in [7, 11) is 0. The molecule has 0 saturated carbocycles. The summed E-state index contributed by atoms with van der Waals surface area (Å²) in [4.78, 5) is 24.7. The molecule has 0 aromatic carbocycles. The van der Waals surface area contributed by atoms with E-state index in [1.807, 2.05) is 37.6 Å². The molecular formula is C23H25N9. The molecule has 0 unspecified atom stereocenters. The average molecular weight is 428 g/mol. The molecule has 4 aromatic heterocycles. The standard InChI is InChI=1S/C23H25N9/c1-15-8-27-23(29-19-13-31-6-4-16(19)5-7-31)30-22(15)20-11-26-21-3-2-17(12-32(20)21)28-18-9-24-14-25-10-18/h2-3,8-12,14,16,19,28H,4-7,13H2,1H3,(H,27,29,30)/t19-/m1/s1. The normalized spacial score (nSPS) is 22.2. The molecule has 3 aliphatic heterocycles. The highest BCUT2D eigenvalue weighted by Gasteiger charge is 2.34. The number of hydrogen-bond acceptors (Lipinski definition) is 8. The second-order valence-electron chi connectivity index (χ2n) is 8.66. The summed E-state index contributed by atoms with van der Waals surface area (Å²) in [5, 5.41) is 6.95. The Kier molecular flexibility index (Phi) is 4.68. The van der Waals surface area contributed by atoms with E-state index in [9.17, 15) is 0 Å². The van der Waals surface area contributed by atoms with Gasteiger partial charge in [0.25, 0.3) is 0 Å². The van der Waals surface area contributed by atoms with Crippen LogP contribution < -0.4 is 10.6 Å². The largest absolute Gasteiger partial charge is 0.352 e. The lowest BCUT2D eigenvalue weighted by Crippen LogP contribution is -2.53. The number of hydrogen-bond donors (Lipinski definition) is 2. The summed E-state index contributed by atoms with van der Waals surface area (Å²) < 4.78 is 2.06. The summed E-state index contributed by atoms with van der Waals surface area (Å²) in [5.41, 5.74) is 5.45. The summed E-state index contributed by atoms with van der Waals surface area (Å²) in [6.07, 6.45) is 13.3. The number of nitrogens with zero attached hydrogens (tertiary/aromatic N) is 7. The zero-order valence-electron chi connectivity index (χ0n) is 17.9. The quantitative estimate of drug-likeness (QED) is 0.502. The lowest BCUT2D eigenvalue weighted by atomic mass is 9.84. The second kappa shape index (κ2) is 7.83. The lowest BCUT2D eigenvalue weighted by Gasteiger charge is -2.44. The van der Waals surface area contributed by atoms with Crippen molar-refractivity contribution in [1.82, 2.24) is 34.2 Å². The summed E-state index contributed by atoms with van der Waals surface area (Å²) in [5.74, 6) is 1.40. The number of imidazole rings is 1. The topological polar surface area (TPSA) is 96.2 Å². The first kappa shape index (κ1) is 19.1. The molecule has 9 nitrogen and oxygen atoms in total. The molecule has 9 heteroatoms. The van der Waals surface area contributed by atoms with Crippen molar-refractivity contribution >= 4 is 23.0 Å². The molecular weight excluding hydrogens is 402 g/mol.